The number of halogens is 6. The summed E-state index contributed by atoms with van der Waals surface area (Å²) in [5.41, 5.74) is -3.95. The molecule has 4 rings (SSSR count). The number of alkyl halides is 6. The predicted octanol–water partition coefficient (Wildman–Crippen LogP) is 5.86. The van der Waals surface area contributed by atoms with E-state index in [2.05, 4.69) is 10.2 Å². The van der Waals surface area contributed by atoms with Gasteiger partial charge in [0.2, 0.25) is 0 Å². The lowest BCUT2D eigenvalue weighted by atomic mass is 9.63. The first kappa shape index (κ1) is 28.8. The molecule has 6 nitrogen and oxygen atoms in total. The van der Waals surface area contributed by atoms with Crippen LogP contribution in [0.2, 0.25) is 0 Å². The van der Waals surface area contributed by atoms with E-state index in [0.717, 1.165) is 5.56 Å². The van der Waals surface area contributed by atoms with Gasteiger partial charge in [0.25, 0.3) is 0 Å². The maximum Gasteiger partial charge on any atom is 0.416 e. The van der Waals surface area contributed by atoms with Crippen molar-refractivity contribution < 1.29 is 41.0 Å². The van der Waals surface area contributed by atoms with Crippen LogP contribution in [0.15, 0.2) is 61.2 Å². The summed E-state index contributed by atoms with van der Waals surface area (Å²) in [4.78, 5) is 12.9. The number of rotatable bonds is 8. The molecule has 1 heterocycles. The summed E-state index contributed by atoms with van der Waals surface area (Å²) < 4.78 is 87.8. The van der Waals surface area contributed by atoms with Gasteiger partial charge in [0.05, 0.1) is 23.8 Å². The SMILES string of the molecule is C[C@@H](OC[C@]1(c2ccccc2)CC[C@](C(=O)CO)(n2cnnc2)CC1)c1cc(C(F)(F)F)cc(C(F)(F)F)c1. The number of nitrogens with zero attached hydrogens (tertiary/aromatic N) is 3. The molecule has 0 unspecified atom stereocenters. The highest BCUT2D eigenvalue weighted by molar-refractivity contribution is 5.87. The van der Waals surface area contributed by atoms with Crippen LogP contribution in [0.3, 0.4) is 0 Å². The molecule has 1 N–H and O–H groups in total. The zero-order valence-electron chi connectivity index (χ0n) is 21.0. The van der Waals surface area contributed by atoms with E-state index in [9.17, 15) is 36.2 Å². The number of carbonyl (C=O) groups is 1. The highest BCUT2D eigenvalue weighted by Gasteiger charge is 2.49. The molecule has 1 aliphatic carbocycles. The van der Waals surface area contributed by atoms with Gasteiger partial charge in [-0.2, -0.15) is 26.3 Å². The molecule has 1 atom stereocenters. The average molecular weight is 556 g/mol. The minimum absolute atomic E-state index is 0.0125. The number of aliphatic hydroxyl groups excluding tert-OH is 1. The molecule has 1 fully saturated rings. The van der Waals surface area contributed by atoms with Crippen molar-refractivity contribution in [3.05, 3.63) is 83.4 Å². The second-order valence-electron chi connectivity index (χ2n) is 9.92. The molecular formula is C27H27F6N3O3. The fourth-order valence-corrected chi connectivity index (χ4v) is 5.29. The quantitative estimate of drug-likeness (QED) is 0.353. The minimum atomic E-state index is -4.96. The fraction of sp³-hybridized carbons (Fsp3) is 0.444. The zero-order valence-corrected chi connectivity index (χ0v) is 21.0. The van der Waals surface area contributed by atoms with Crippen molar-refractivity contribution in [2.45, 2.75) is 62.0 Å². The summed E-state index contributed by atoms with van der Waals surface area (Å²) in [5.74, 6) is -0.401. The van der Waals surface area contributed by atoms with Crippen molar-refractivity contribution in [1.82, 2.24) is 14.8 Å². The highest BCUT2D eigenvalue weighted by atomic mass is 19.4. The van der Waals surface area contributed by atoms with Gasteiger partial charge in [-0.3, -0.25) is 4.79 Å². The number of ketones is 1. The predicted molar refractivity (Wildman–Crippen MR) is 127 cm³/mol. The van der Waals surface area contributed by atoms with Gasteiger partial charge in [0, 0.05) is 5.41 Å². The van der Waals surface area contributed by atoms with E-state index < -0.39 is 52.9 Å². The number of Topliss-reactive ketones (excluding diaryl/α,β-unsaturated/α-hetero) is 1. The molecule has 39 heavy (non-hydrogen) atoms. The second-order valence-corrected chi connectivity index (χ2v) is 9.92. The van der Waals surface area contributed by atoms with Crippen LogP contribution in [0.25, 0.3) is 0 Å². The Hall–Kier alpha value is -3.25. The minimum Gasteiger partial charge on any atom is -0.388 e. The van der Waals surface area contributed by atoms with Gasteiger partial charge in [0.15, 0.2) is 5.78 Å². The van der Waals surface area contributed by atoms with E-state index in [-0.39, 0.29) is 18.2 Å². The van der Waals surface area contributed by atoms with Crippen LogP contribution in [0.4, 0.5) is 26.3 Å². The average Bonchev–Trinajstić information content (AvgIpc) is 3.46. The number of benzene rings is 2. The maximum absolute atomic E-state index is 13.4. The van der Waals surface area contributed by atoms with Crippen LogP contribution in [0.1, 0.15) is 61.0 Å². The summed E-state index contributed by atoms with van der Waals surface area (Å²) in [6.07, 6.45) is -6.82. The van der Waals surface area contributed by atoms with E-state index in [0.29, 0.717) is 37.8 Å². The van der Waals surface area contributed by atoms with Gasteiger partial charge >= 0.3 is 12.4 Å². The van der Waals surface area contributed by atoms with Gasteiger partial charge in [-0.05, 0) is 61.9 Å². The summed E-state index contributed by atoms with van der Waals surface area (Å²) >= 11 is 0. The van der Waals surface area contributed by atoms with Crippen molar-refractivity contribution in [1.29, 1.82) is 0 Å². The van der Waals surface area contributed by atoms with Crippen molar-refractivity contribution in [3.8, 4) is 0 Å². The normalized spacial score (nSPS) is 23.0. The molecule has 12 heteroatoms. The van der Waals surface area contributed by atoms with Gasteiger partial charge in [-0.1, -0.05) is 30.3 Å². The third-order valence-electron chi connectivity index (χ3n) is 7.69. The van der Waals surface area contributed by atoms with E-state index in [1.165, 1.54) is 19.6 Å². The first-order valence-corrected chi connectivity index (χ1v) is 12.3. The fourth-order valence-electron chi connectivity index (χ4n) is 5.29. The second kappa shape index (κ2) is 10.7. The molecule has 1 aliphatic rings. The molecule has 0 spiro atoms. The molecular weight excluding hydrogens is 528 g/mol. The largest absolute Gasteiger partial charge is 0.416 e. The number of aromatic nitrogens is 3. The van der Waals surface area contributed by atoms with E-state index >= 15 is 0 Å². The highest BCUT2D eigenvalue weighted by Crippen LogP contribution is 2.47. The Morgan fingerprint density at radius 1 is 0.949 bits per heavy atom. The Morgan fingerprint density at radius 3 is 1.97 bits per heavy atom. The zero-order chi connectivity index (χ0) is 28.5. The van der Waals surface area contributed by atoms with E-state index in [4.69, 9.17) is 4.74 Å². The molecule has 0 aliphatic heterocycles. The van der Waals surface area contributed by atoms with Crippen LogP contribution < -0.4 is 0 Å². The van der Waals surface area contributed by atoms with Crippen LogP contribution >= 0.6 is 0 Å². The van der Waals surface area contributed by atoms with Gasteiger partial charge < -0.3 is 14.4 Å². The molecule has 1 aromatic heterocycles. The topological polar surface area (TPSA) is 77.2 Å². The Kier molecular flexibility index (Phi) is 7.91. The third-order valence-corrected chi connectivity index (χ3v) is 7.69. The smallest absolute Gasteiger partial charge is 0.388 e. The first-order chi connectivity index (χ1) is 18.3. The lowest BCUT2D eigenvalue weighted by Gasteiger charge is -2.46. The number of carbonyl (C=O) groups excluding carboxylic acids is 1. The van der Waals surface area contributed by atoms with Crippen molar-refractivity contribution in [3.63, 3.8) is 0 Å². The molecule has 0 radical (unpaired) electrons. The Labute approximate surface area is 220 Å². The molecule has 0 bridgehead atoms. The lowest BCUT2D eigenvalue weighted by Crippen LogP contribution is -2.50. The Bertz CT molecular complexity index is 1240. The number of aliphatic hydroxyl groups is 1. The van der Waals surface area contributed by atoms with Crippen molar-refractivity contribution in [2.24, 2.45) is 0 Å². The third kappa shape index (κ3) is 5.86. The maximum atomic E-state index is 13.4. The van der Waals surface area contributed by atoms with Crippen LogP contribution in [0.5, 0.6) is 0 Å². The standard InChI is InChI=1S/C27H27F6N3O3/c1-18(19-11-21(26(28,29)30)13-22(12-19)27(31,32)33)39-15-24(20-5-3-2-4-6-20)7-9-25(10-8-24,23(38)14-37)36-16-34-35-17-36/h2-6,11-13,16-18,37H,7-10,14-15H2,1H3/t18-,24-,25-/m1/s1. The van der Waals surface area contributed by atoms with Gasteiger partial charge in [-0.15, -0.1) is 10.2 Å². The summed E-state index contributed by atoms with van der Waals surface area (Å²) in [6.45, 7) is 0.719. The van der Waals surface area contributed by atoms with Gasteiger partial charge in [-0.25, -0.2) is 0 Å². The van der Waals surface area contributed by atoms with Gasteiger partial charge in [0.1, 0.15) is 24.8 Å². The summed E-state index contributed by atoms with van der Waals surface area (Å²) in [5, 5.41) is 17.3. The summed E-state index contributed by atoms with van der Waals surface area (Å²) in [6, 6.07) is 10.7. The van der Waals surface area contributed by atoms with Crippen molar-refractivity contribution >= 4 is 5.78 Å². The Balaban J connectivity index is 1.63. The van der Waals surface area contributed by atoms with Crippen LogP contribution in [0, 0.1) is 0 Å². The number of hydrogen-bond acceptors (Lipinski definition) is 5. The monoisotopic (exact) mass is 555 g/mol. The molecule has 3 aromatic rings. The lowest BCUT2D eigenvalue weighted by molar-refractivity contribution is -0.143. The van der Waals surface area contributed by atoms with E-state index in [1.807, 2.05) is 30.3 Å². The number of hydrogen-bond donors (Lipinski definition) is 1. The molecule has 2 aromatic carbocycles. The first-order valence-electron chi connectivity index (χ1n) is 12.3. The molecule has 0 saturated heterocycles. The molecule has 1 saturated carbocycles. The van der Waals surface area contributed by atoms with Crippen molar-refractivity contribution in [2.75, 3.05) is 13.2 Å². The van der Waals surface area contributed by atoms with Crippen LogP contribution in [-0.4, -0.2) is 38.9 Å². The van der Waals surface area contributed by atoms with E-state index in [1.54, 1.807) is 4.57 Å². The van der Waals surface area contributed by atoms with Crippen LogP contribution in [-0.2, 0) is 32.8 Å². The summed E-state index contributed by atoms with van der Waals surface area (Å²) in [7, 11) is 0. The number of ether oxygens (including phenoxy) is 1. The molecule has 210 valence electrons. The molecule has 0 amide bonds. The Morgan fingerprint density at radius 2 is 1.49 bits per heavy atom.